The lowest BCUT2D eigenvalue weighted by Gasteiger charge is -2.29. The SMILES string of the molecule is Cc1ccc(-c2cc(CN(Cc3ccc(C#N)cc3)C(CCCCN)C(N)=O)no2)cc1. The summed E-state index contributed by atoms with van der Waals surface area (Å²) in [5.74, 6) is 0.301. The topological polar surface area (TPSA) is 122 Å². The highest BCUT2D eigenvalue weighted by molar-refractivity contribution is 5.79. The molecule has 0 aliphatic rings. The zero-order chi connectivity index (χ0) is 22.9. The largest absolute Gasteiger partial charge is 0.368 e. The predicted octanol–water partition coefficient (Wildman–Crippen LogP) is 3.51. The number of carbonyl (C=O) groups is 1. The van der Waals surface area contributed by atoms with Crippen LogP contribution in [0.2, 0.25) is 0 Å². The van der Waals surface area contributed by atoms with Gasteiger partial charge in [-0.15, -0.1) is 0 Å². The van der Waals surface area contributed by atoms with E-state index in [1.54, 1.807) is 12.1 Å². The fraction of sp³-hybridized carbons (Fsp3) is 0.320. The maximum Gasteiger partial charge on any atom is 0.234 e. The van der Waals surface area contributed by atoms with Crippen molar-refractivity contribution in [3.05, 3.63) is 77.0 Å². The third-order valence-corrected chi connectivity index (χ3v) is 5.43. The molecule has 0 saturated heterocycles. The van der Waals surface area contributed by atoms with Crippen molar-refractivity contribution in [1.82, 2.24) is 10.1 Å². The predicted molar refractivity (Wildman–Crippen MR) is 123 cm³/mol. The van der Waals surface area contributed by atoms with Crippen LogP contribution in [0.1, 0.15) is 41.6 Å². The van der Waals surface area contributed by atoms with Crippen molar-refractivity contribution in [1.29, 1.82) is 5.26 Å². The molecule has 3 aromatic rings. The second-order valence-corrected chi connectivity index (χ2v) is 7.96. The standard InChI is InChI=1S/C25H29N5O2/c1-18-5-11-21(12-6-18)24-14-22(29-32-24)17-30(23(25(28)31)4-2-3-13-26)16-20-9-7-19(15-27)8-10-20/h5-12,14,23H,2-4,13,16-17,26H2,1H3,(H2,28,31). The molecule has 3 rings (SSSR count). The van der Waals surface area contributed by atoms with Gasteiger partial charge in [-0.25, -0.2) is 0 Å². The first-order valence-corrected chi connectivity index (χ1v) is 10.7. The molecule has 1 amide bonds. The lowest BCUT2D eigenvalue weighted by Crippen LogP contribution is -2.44. The molecule has 166 valence electrons. The molecular formula is C25H29N5O2. The first kappa shape index (κ1) is 23.2. The Bertz CT molecular complexity index is 1050. The maximum absolute atomic E-state index is 12.3. The molecule has 1 atom stereocenters. The second kappa shape index (κ2) is 11.2. The summed E-state index contributed by atoms with van der Waals surface area (Å²) in [4.78, 5) is 14.3. The highest BCUT2D eigenvalue weighted by atomic mass is 16.5. The van der Waals surface area contributed by atoms with Gasteiger partial charge >= 0.3 is 0 Å². The summed E-state index contributed by atoms with van der Waals surface area (Å²) in [5.41, 5.74) is 15.8. The number of hydrogen-bond donors (Lipinski definition) is 2. The summed E-state index contributed by atoms with van der Waals surface area (Å²) < 4.78 is 5.57. The Morgan fingerprint density at radius 2 is 1.84 bits per heavy atom. The van der Waals surface area contributed by atoms with Crippen LogP contribution in [0.4, 0.5) is 0 Å². The van der Waals surface area contributed by atoms with E-state index in [0.29, 0.717) is 37.4 Å². The Labute approximate surface area is 188 Å². The number of unbranched alkanes of at least 4 members (excludes halogenated alkanes) is 1. The van der Waals surface area contributed by atoms with Gasteiger partial charge in [-0.2, -0.15) is 5.26 Å². The molecule has 1 aromatic heterocycles. The molecule has 0 fully saturated rings. The van der Waals surface area contributed by atoms with Gasteiger partial charge in [-0.05, 0) is 44.0 Å². The number of aromatic nitrogens is 1. The molecule has 1 heterocycles. The minimum absolute atomic E-state index is 0.377. The van der Waals surface area contributed by atoms with E-state index in [1.165, 1.54) is 5.56 Å². The van der Waals surface area contributed by atoms with Crippen molar-refractivity contribution in [3.63, 3.8) is 0 Å². The first-order chi connectivity index (χ1) is 15.5. The van der Waals surface area contributed by atoms with Gasteiger partial charge in [-0.3, -0.25) is 9.69 Å². The van der Waals surface area contributed by atoms with Gasteiger partial charge < -0.3 is 16.0 Å². The van der Waals surface area contributed by atoms with Crippen LogP contribution in [-0.4, -0.2) is 28.6 Å². The van der Waals surface area contributed by atoms with E-state index in [-0.39, 0.29) is 5.91 Å². The van der Waals surface area contributed by atoms with Gasteiger partial charge in [0.1, 0.15) is 0 Å². The van der Waals surface area contributed by atoms with Crippen LogP contribution < -0.4 is 11.5 Å². The molecule has 0 aliphatic carbocycles. The number of hydrogen-bond acceptors (Lipinski definition) is 6. The number of nitriles is 1. The van der Waals surface area contributed by atoms with Crippen molar-refractivity contribution < 1.29 is 9.32 Å². The van der Waals surface area contributed by atoms with Gasteiger partial charge in [0.15, 0.2) is 5.76 Å². The van der Waals surface area contributed by atoms with Gasteiger partial charge in [0, 0.05) is 24.7 Å². The number of amides is 1. The molecule has 7 heteroatoms. The summed E-state index contributed by atoms with van der Waals surface area (Å²) in [7, 11) is 0. The number of nitrogens with zero attached hydrogens (tertiary/aromatic N) is 3. The number of aryl methyl sites for hydroxylation is 1. The minimum Gasteiger partial charge on any atom is -0.368 e. The van der Waals surface area contributed by atoms with Gasteiger partial charge in [-0.1, -0.05) is 53.5 Å². The van der Waals surface area contributed by atoms with Gasteiger partial charge in [0.2, 0.25) is 5.91 Å². The summed E-state index contributed by atoms with van der Waals surface area (Å²) in [6.07, 6.45) is 2.25. The van der Waals surface area contributed by atoms with Crippen LogP contribution in [0, 0.1) is 18.3 Å². The average Bonchev–Trinajstić information content (AvgIpc) is 3.25. The van der Waals surface area contributed by atoms with E-state index in [2.05, 4.69) is 11.2 Å². The van der Waals surface area contributed by atoms with Crippen molar-refractivity contribution in [3.8, 4) is 17.4 Å². The Morgan fingerprint density at radius 1 is 1.12 bits per heavy atom. The third-order valence-electron chi connectivity index (χ3n) is 5.43. The average molecular weight is 432 g/mol. The minimum atomic E-state index is -0.461. The van der Waals surface area contributed by atoms with Crippen LogP contribution in [0.15, 0.2) is 59.1 Å². The lowest BCUT2D eigenvalue weighted by atomic mass is 10.0. The van der Waals surface area contributed by atoms with E-state index in [0.717, 1.165) is 29.7 Å². The quantitative estimate of drug-likeness (QED) is 0.448. The van der Waals surface area contributed by atoms with E-state index in [4.69, 9.17) is 21.3 Å². The summed E-state index contributed by atoms with van der Waals surface area (Å²) in [6, 6.07) is 18.9. The van der Waals surface area contributed by atoms with Crippen molar-refractivity contribution in [2.24, 2.45) is 11.5 Å². The Morgan fingerprint density at radius 3 is 2.47 bits per heavy atom. The molecule has 1 unspecified atom stereocenters. The maximum atomic E-state index is 12.3. The smallest absolute Gasteiger partial charge is 0.234 e. The van der Waals surface area contributed by atoms with Gasteiger partial charge in [0.05, 0.1) is 23.4 Å². The fourth-order valence-corrected chi connectivity index (χ4v) is 3.63. The molecular weight excluding hydrogens is 402 g/mol. The van der Waals surface area contributed by atoms with E-state index in [9.17, 15) is 4.79 Å². The first-order valence-electron chi connectivity index (χ1n) is 10.7. The summed E-state index contributed by atoms with van der Waals surface area (Å²) in [6.45, 7) is 3.51. The van der Waals surface area contributed by atoms with Gasteiger partial charge in [0.25, 0.3) is 0 Å². The Balaban J connectivity index is 1.82. The lowest BCUT2D eigenvalue weighted by molar-refractivity contribution is -0.124. The molecule has 4 N–H and O–H groups in total. The molecule has 32 heavy (non-hydrogen) atoms. The molecule has 7 nitrogen and oxygen atoms in total. The molecule has 0 spiro atoms. The van der Waals surface area contributed by atoms with E-state index < -0.39 is 6.04 Å². The number of nitrogens with two attached hydrogens (primary N) is 2. The molecule has 2 aromatic carbocycles. The highest BCUT2D eigenvalue weighted by Gasteiger charge is 2.25. The Hall–Kier alpha value is -3.47. The number of primary amides is 1. The second-order valence-electron chi connectivity index (χ2n) is 7.96. The Kier molecular flexibility index (Phi) is 8.14. The number of benzene rings is 2. The normalized spacial score (nSPS) is 11.9. The molecule has 0 saturated carbocycles. The van der Waals surface area contributed by atoms with Crippen LogP contribution in [-0.2, 0) is 17.9 Å². The van der Waals surface area contributed by atoms with Crippen molar-refractivity contribution in [2.45, 2.75) is 45.3 Å². The molecule has 0 aliphatic heterocycles. The van der Waals surface area contributed by atoms with Crippen LogP contribution in [0.25, 0.3) is 11.3 Å². The fourth-order valence-electron chi connectivity index (χ4n) is 3.63. The molecule has 0 bridgehead atoms. The third kappa shape index (κ3) is 6.27. The van der Waals surface area contributed by atoms with Crippen molar-refractivity contribution >= 4 is 5.91 Å². The monoisotopic (exact) mass is 431 g/mol. The summed E-state index contributed by atoms with van der Waals surface area (Å²) >= 11 is 0. The molecule has 0 radical (unpaired) electrons. The van der Waals surface area contributed by atoms with Crippen LogP contribution in [0.3, 0.4) is 0 Å². The van der Waals surface area contributed by atoms with Crippen molar-refractivity contribution in [2.75, 3.05) is 6.54 Å². The number of rotatable bonds is 11. The van der Waals surface area contributed by atoms with Crippen LogP contribution in [0.5, 0.6) is 0 Å². The zero-order valence-electron chi connectivity index (χ0n) is 18.3. The van der Waals surface area contributed by atoms with E-state index >= 15 is 0 Å². The van der Waals surface area contributed by atoms with Crippen LogP contribution >= 0.6 is 0 Å². The summed E-state index contributed by atoms with van der Waals surface area (Å²) in [5, 5.41) is 13.3. The number of carbonyl (C=O) groups excluding carboxylic acids is 1. The van der Waals surface area contributed by atoms with E-state index in [1.807, 2.05) is 54.3 Å². The highest BCUT2D eigenvalue weighted by Crippen LogP contribution is 2.23. The zero-order valence-corrected chi connectivity index (χ0v) is 18.3.